The molecule has 2 rings (SSSR count). The molecular formula is C16H15BrF3N. The number of hydrogen-bond donors (Lipinski definition) is 1. The van der Waals surface area contributed by atoms with Crippen LogP contribution >= 0.6 is 15.9 Å². The summed E-state index contributed by atoms with van der Waals surface area (Å²) in [6.07, 6.45) is -4.31. The minimum atomic E-state index is -4.31. The van der Waals surface area contributed by atoms with Gasteiger partial charge in [-0.3, -0.25) is 0 Å². The van der Waals surface area contributed by atoms with E-state index in [2.05, 4.69) is 21.2 Å². The van der Waals surface area contributed by atoms with Crippen LogP contribution in [0.25, 0.3) is 0 Å². The quantitative estimate of drug-likeness (QED) is 0.806. The first-order valence-electron chi connectivity index (χ1n) is 6.43. The molecule has 5 heteroatoms. The Bertz CT molecular complexity index is 638. The highest BCUT2D eigenvalue weighted by Gasteiger charge is 2.31. The fraction of sp³-hybridized carbons (Fsp3) is 0.250. The first-order chi connectivity index (χ1) is 9.82. The van der Waals surface area contributed by atoms with E-state index in [-0.39, 0.29) is 6.04 Å². The third-order valence-electron chi connectivity index (χ3n) is 3.38. The van der Waals surface area contributed by atoms with Crippen LogP contribution in [0.5, 0.6) is 0 Å². The van der Waals surface area contributed by atoms with Crippen molar-refractivity contribution in [3.8, 4) is 0 Å². The van der Waals surface area contributed by atoms with Gasteiger partial charge < -0.3 is 5.32 Å². The van der Waals surface area contributed by atoms with E-state index in [0.29, 0.717) is 5.56 Å². The summed E-state index contributed by atoms with van der Waals surface area (Å²) in [5.41, 5.74) is 1.83. The van der Waals surface area contributed by atoms with Gasteiger partial charge in [0.05, 0.1) is 11.6 Å². The van der Waals surface area contributed by atoms with E-state index < -0.39 is 11.7 Å². The lowest BCUT2D eigenvalue weighted by molar-refractivity contribution is -0.137. The lowest BCUT2D eigenvalue weighted by Gasteiger charge is -2.21. The zero-order valence-corrected chi connectivity index (χ0v) is 13.2. The summed E-state index contributed by atoms with van der Waals surface area (Å²) >= 11 is 3.41. The predicted octanol–water partition coefficient (Wildman–Crippen LogP) is 5.09. The highest BCUT2D eigenvalue weighted by Crippen LogP contribution is 2.33. The molecule has 2 aromatic carbocycles. The third kappa shape index (κ3) is 3.66. The van der Waals surface area contributed by atoms with E-state index in [4.69, 9.17) is 0 Å². The molecule has 2 aromatic rings. The summed E-state index contributed by atoms with van der Waals surface area (Å²) in [4.78, 5) is 0. The first-order valence-corrected chi connectivity index (χ1v) is 7.22. The minimum Gasteiger partial charge on any atom is -0.309 e. The number of aryl methyl sites for hydroxylation is 1. The van der Waals surface area contributed by atoms with Crippen LogP contribution in [0, 0.1) is 6.92 Å². The van der Waals surface area contributed by atoms with Gasteiger partial charge in [-0.1, -0.05) is 34.1 Å². The highest BCUT2D eigenvalue weighted by molar-refractivity contribution is 9.10. The van der Waals surface area contributed by atoms with Gasteiger partial charge in [-0.25, -0.2) is 0 Å². The second kappa shape index (κ2) is 6.20. The van der Waals surface area contributed by atoms with E-state index in [1.165, 1.54) is 6.07 Å². The molecule has 0 amide bonds. The number of hydrogen-bond acceptors (Lipinski definition) is 1. The molecule has 1 nitrogen and oxygen atoms in total. The van der Waals surface area contributed by atoms with E-state index in [9.17, 15) is 13.2 Å². The van der Waals surface area contributed by atoms with Gasteiger partial charge in [0.2, 0.25) is 0 Å². The Labute approximate surface area is 130 Å². The van der Waals surface area contributed by atoms with Gasteiger partial charge in [-0.15, -0.1) is 0 Å². The molecule has 1 atom stereocenters. The Morgan fingerprint density at radius 3 is 2.33 bits per heavy atom. The summed E-state index contributed by atoms with van der Waals surface area (Å²) in [5.74, 6) is 0. The van der Waals surface area contributed by atoms with Crippen molar-refractivity contribution in [2.45, 2.75) is 19.1 Å². The van der Waals surface area contributed by atoms with Crippen molar-refractivity contribution in [3.05, 3.63) is 69.2 Å². The van der Waals surface area contributed by atoms with Gasteiger partial charge in [0.1, 0.15) is 0 Å². The monoisotopic (exact) mass is 357 g/mol. The number of nitrogens with one attached hydrogen (secondary N) is 1. The molecule has 21 heavy (non-hydrogen) atoms. The van der Waals surface area contributed by atoms with Crippen molar-refractivity contribution in [2.24, 2.45) is 0 Å². The van der Waals surface area contributed by atoms with E-state index in [1.807, 2.05) is 24.3 Å². The Hall–Kier alpha value is -1.33. The van der Waals surface area contributed by atoms with Crippen LogP contribution in [0.4, 0.5) is 13.2 Å². The molecule has 1 N–H and O–H groups in total. The summed E-state index contributed by atoms with van der Waals surface area (Å²) in [6.45, 7) is 1.70. The summed E-state index contributed by atoms with van der Waals surface area (Å²) in [6, 6.07) is 11.4. The molecule has 0 bridgehead atoms. The standard InChI is InChI=1S/C16H15BrF3N/c1-10-8-12(16(18,19)20)6-7-14(10)15(21-2)11-4-3-5-13(17)9-11/h3-9,15,21H,1-2H3. The lowest BCUT2D eigenvalue weighted by atomic mass is 9.93. The molecule has 0 radical (unpaired) electrons. The fourth-order valence-corrected chi connectivity index (χ4v) is 2.78. The van der Waals surface area contributed by atoms with E-state index >= 15 is 0 Å². The van der Waals surface area contributed by atoms with Crippen molar-refractivity contribution in [2.75, 3.05) is 7.05 Å². The summed E-state index contributed by atoms with van der Waals surface area (Å²) in [7, 11) is 1.79. The van der Waals surface area contributed by atoms with Crippen LogP contribution in [0.15, 0.2) is 46.9 Å². The second-order valence-electron chi connectivity index (χ2n) is 4.85. The molecule has 1 unspecified atom stereocenters. The molecule has 0 spiro atoms. The smallest absolute Gasteiger partial charge is 0.309 e. The molecule has 0 saturated heterocycles. The Balaban J connectivity index is 2.44. The van der Waals surface area contributed by atoms with Crippen LogP contribution in [-0.2, 0) is 6.18 Å². The molecule has 0 fully saturated rings. The van der Waals surface area contributed by atoms with Crippen LogP contribution in [-0.4, -0.2) is 7.05 Å². The van der Waals surface area contributed by atoms with Crippen molar-refractivity contribution in [1.82, 2.24) is 5.32 Å². The largest absolute Gasteiger partial charge is 0.416 e. The van der Waals surface area contributed by atoms with Gasteiger partial charge in [0.15, 0.2) is 0 Å². The van der Waals surface area contributed by atoms with Gasteiger partial charge in [0, 0.05) is 4.47 Å². The minimum absolute atomic E-state index is 0.148. The summed E-state index contributed by atoms with van der Waals surface area (Å²) in [5, 5.41) is 3.16. The van der Waals surface area contributed by atoms with Crippen LogP contribution in [0.1, 0.15) is 28.3 Å². The van der Waals surface area contributed by atoms with Crippen LogP contribution in [0.3, 0.4) is 0 Å². The molecule has 0 aliphatic carbocycles. The molecule has 0 aliphatic heterocycles. The summed E-state index contributed by atoms with van der Waals surface area (Å²) < 4.78 is 39.1. The van der Waals surface area contributed by atoms with Crippen LogP contribution < -0.4 is 5.32 Å². The van der Waals surface area contributed by atoms with Crippen molar-refractivity contribution in [3.63, 3.8) is 0 Å². The SMILES string of the molecule is CNC(c1cccc(Br)c1)c1ccc(C(F)(F)F)cc1C. The van der Waals surface area contributed by atoms with Crippen molar-refractivity contribution < 1.29 is 13.2 Å². The number of benzene rings is 2. The zero-order valence-electron chi connectivity index (χ0n) is 11.6. The van der Waals surface area contributed by atoms with E-state index in [1.54, 1.807) is 20.0 Å². The number of halogens is 4. The van der Waals surface area contributed by atoms with Crippen LogP contribution in [0.2, 0.25) is 0 Å². The molecule has 0 aromatic heterocycles. The normalized spacial score (nSPS) is 13.2. The molecule has 112 valence electrons. The molecule has 0 saturated carbocycles. The maximum Gasteiger partial charge on any atom is 0.416 e. The van der Waals surface area contributed by atoms with Gasteiger partial charge >= 0.3 is 6.18 Å². The predicted molar refractivity (Wildman–Crippen MR) is 81.2 cm³/mol. The molecule has 0 heterocycles. The van der Waals surface area contributed by atoms with Gasteiger partial charge in [-0.2, -0.15) is 13.2 Å². The van der Waals surface area contributed by atoms with Crippen molar-refractivity contribution in [1.29, 1.82) is 0 Å². The third-order valence-corrected chi connectivity index (χ3v) is 3.87. The maximum absolute atomic E-state index is 12.7. The zero-order chi connectivity index (χ0) is 15.6. The van der Waals surface area contributed by atoms with Gasteiger partial charge in [0.25, 0.3) is 0 Å². The van der Waals surface area contributed by atoms with Gasteiger partial charge in [-0.05, 0) is 54.9 Å². The maximum atomic E-state index is 12.7. The lowest BCUT2D eigenvalue weighted by Crippen LogP contribution is -2.19. The van der Waals surface area contributed by atoms with E-state index in [0.717, 1.165) is 21.7 Å². The molecular weight excluding hydrogens is 343 g/mol. The average molecular weight is 358 g/mol. The Morgan fingerprint density at radius 1 is 1.10 bits per heavy atom. The Kier molecular flexibility index (Phi) is 4.74. The topological polar surface area (TPSA) is 12.0 Å². The number of rotatable bonds is 3. The Morgan fingerprint density at radius 2 is 1.81 bits per heavy atom. The average Bonchev–Trinajstić information content (AvgIpc) is 2.40. The second-order valence-corrected chi connectivity index (χ2v) is 5.76. The fourth-order valence-electron chi connectivity index (χ4n) is 2.36. The van der Waals surface area contributed by atoms with Crippen molar-refractivity contribution >= 4 is 15.9 Å². The number of alkyl halides is 3. The first kappa shape index (κ1) is 16.0. The highest BCUT2D eigenvalue weighted by atomic mass is 79.9. The molecule has 0 aliphatic rings.